The van der Waals surface area contributed by atoms with E-state index in [4.69, 9.17) is 11.6 Å². The van der Waals surface area contributed by atoms with Crippen LogP contribution in [0.3, 0.4) is 0 Å². The van der Waals surface area contributed by atoms with E-state index in [1.54, 1.807) is 0 Å². The molecule has 0 saturated carbocycles. The number of rotatable bonds is 1. The van der Waals surface area contributed by atoms with Gasteiger partial charge in [0.25, 0.3) is 0 Å². The van der Waals surface area contributed by atoms with Crippen LogP contribution in [0.25, 0.3) is 0 Å². The first-order valence-corrected chi connectivity index (χ1v) is 6.10. The highest BCUT2D eigenvalue weighted by molar-refractivity contribution is 9.10. The van der Waals surface area contributed by atoms with Crippen LogP contribution in [0.2, 0.25) is 5.02 Å². The van der Waals surface area contributed by atoms with Gasteiger partial charge in [0, 0.05) is 9.50 Å². The molecule has 0 radical (unpaired) electrons. The Balaban J connectivity index is 2.24. The van der Waals surface area contributed by atoms with Gasteiger partial charge in [0.05, 0.1) is 0 Å². The van der Waals surface area contributed by atoms with Crippen molar-refractivity contribution in [3.05, 3.63) is 33.3 Å². The lowest BCUT2D eigenvalue weighted by Gasteiger charge is -2.23. The van der Waals surface area contributed by atoms with E-state index in [1.807, 2.05) is 12.1 Å². The fourth-order valence-corrected chi connectivity index (χ4v) is 2.61. The molecule has 1 aliphatic heterocycles. The molecule has 1 aliphatic rings. The number of piperidine rings is 1. The Kier molecular flexibility index (Phi) is 3.47. The Labute approximate surface area is 98.0 Å². The van der Waals surface area contributed by atoms with Gasteiger partial charge in [0.1, 0.15) is 0 Å². The van der Waals surface area contributed by atoms with Crippen molar-refractivity contribution in [3.8, 4) is 0 Å². The molecule has 1 saturated heterocycles. The minimum absolute atomic E-state index is 0.626. The summed E-state index contributed by atoms with van der Waals surface area (Å²) in [5, 5.41) is 4.27. The third-order valence-electron chi connectivity index (χ3n) is 2.74. The van der Waals surface area contributed by atoms with Gasteiger partial charge in [-0.1, -0.05) is 27.5 Å². The van der Waals surface area contributed by atoms with Crippen LogP contribution >= 0.6 is 27.5 Å². The summed E-state index contributed by atoms with van der Waals surface area (Å²) in [6, 6.07) is 6.12. The first kappa shape index (κ1) is 10.5. The van der Waals surface area contributed by atoms with Crippen LogP contribution in [-0.2, 0) is 0 Å². The van der Waals surface area contributed by atoms with E-state index in [2.05, 4.69) is 27.3 Å². The molecule has 0 unspecified atom stereocenters. The molecule has 1 heterocycles. The largest absolute Gasteiger partial charge is 0.317 e. The summed E-state index contributed by atoms with van der Waals surface area (Å²) in [4.78, 5) is 0. The zero-order valence-electron chi connectivity index (χ0n) is 7.89. The van der Waals surface area contributed by atoms with E-state index >= 15 is 0 Å². The molecule has 0 atom stereocenters. The van der Waals surface area contributed by atoms with Crippen molar-refractivity contribution >= 4 is 27.5 Å². The molecular weight excluding hydrogens is 261 g/mol. The van der Waals surface area contributed by atoms with Crippen LogP contribution < -0.4 is 5.32 Å². The first-order valence-electron chi connectivity index (χ1n) is 4.93. The van der Waals surface area contributed by atoms with E-state index in [1.165, 1.54) is 18.4 Å². The Morgan fingerprint density at radius 3 is 2.71 bits per heavy atom. The number of hydrogen-bond acceptors (Lipinski definition) is 1. The van der Waals surface area contributed by atoms with Crippen molar-refractivity contribution in [2.75, 3.05) is 13.1 Å². The van der Waals surface area contributed by atoms with Gasteiger partial charge in [-0.15, -0.1) is 0 Å². The highest BCUT2D eigenvalue weighted by Gasteiger charge is 2.17. The second-order valence-electron chi connectivity index (χ2n) is 3.69. The third kappa shape index (κ3) is 2.30. The molecule has 0 spiro atoms. The van der Waals surface area contributed by atoms with E-state index in [0.29, 0.717) is 5.92 Å². The minimum Gasteiger partial charge on any atom is -0.317 e. The molecule has 3 heteroatoms. The summed E-state index contributed by atoms with van der Waals surface area (Å²) in [6.45, 7) is 2.21. The zero-order chi connectivity index (χ0) is 9.97. The van der Waals surface area contributed by atoms with Crippen molar-refractivity contribution in [3.63, 3.8) is 0 Å². The third-order valence-corrected chi connectivity index (χ3v) is 3.57. The molecule has 1 aromatic rings. The maximum Gasteiger partial charge on any atom is 0.0441 e. The van der Waals surface area contributed by atoms with E-state index < -0.39 is 0 Å². The highest BCUT2D eigenvalue weighted by Crippen LogP contribution is 2.32. The van der Waals surface area contributed by atoms with Crippen LogP contribution in [0.1, 0.15) is 24.3 Å². The lowest BCUT2D eigenvalue weighted by molar-refractivity contribution is 0.460. The Hall–Kier alpha value is -0.0500. The van der Waals surface area contributed by atoms with Gasteiger partial charge >= 0.3 is 0 Å². The molecule has 2 rings (SSSR count). The lowest BCUT2D eigenvalue weighted by atomic mass is 9.90. The summed E-state index contributed by atoms with van der Waals surface area (Å²) in [5.74, 6) is 0.626. The van der Waals surface area contributed by atoms with E-state index in [-0.39, 0.29) is 0 Å². The molecule has 14 heavy (non-hydrogen) atoms. The average Bonchev–Trinajstić information content (AvgIpc) is 2.23. The molecule has 76 valence electrons. The van der Waals surface area contributed by atoms with E-state index in [0.717, 1.165) is 22.6 Å². The van der Waals surface area contributed by atoms with Crippen molar-refractivity contribution in [1.29, 1.82) is 0 Å². The van der Waals surface area contributed by atoms with E-state index in [9.17, 15) is 0 Å². The number of hydrogen-bond donors (Lipinski definition) is 1. The van der Waals surface area contributed by atoms with Crippen molar-refractivity contribution < 1.29 is 0 Å². The molecule has 0 amide bonds. The Morgan fingerprint density at radius 2 is 2.00 bits per heavy atom. The van der Waals surface area contributed by atoms with Crippen molar-refractivity contribution in [1.82, 2.24) is 5.32 Å². The lowest BCUT2D eigenvalue weighted by Crippen LogP contribution is -2.26. The number of benzene rings is 1. The van der Waals surface area contributed by atoms with Gasteiger partial charge in [0.15, 0.2) is 0 Å². The molecule has 0 bridgehead atoms. The number of nitrogens with one attached hydrogen (secondary N) is 1. The van der Waals surface area contributed by atoms with Crippen LogP contribution in [-0.4, -0.2) is 13.1 Å². The quantitative estimate of drug-likeness (QED) is 0.825. The van der Waals surface area contributed by atoms with Crippen LogP contribution in [0.4, 0.5) is 0 Å². The molecule has 1 aromatic carbocycles. The molecule has 1 fully saturated rings. The normalized spacial score (nSPS) is 18.4. The fourth-order valence-electron chi connectivity index (χ4n) is 1.96. The summed E-state index contributed by atoms with van der Waals surface area (Å²) in [6.07, 6.45) is 2.38. The zero-order valence-corrected chi connectivity index (χ0v) is 10.2. The summed E-state index contributed by atoms with van der Waals surface area (Å²) in [5.41, 5.74) is 1.29. The van der Waals surface area contributed by atoms with Gasteiger partial charge in [-0.25, -0.2) is 0 Å². The molecule has 0 aromatic heterocycles. The minimum atomic E-state index is 0.626. The molecule has 1 nitrogen and oxygen atoms in total. The smallest absolute Gasteiger partial charge is 0.0441 e. The Morgan fingerprint density at radius 1 is 1.29 bits per heavy atom. The van der Waals surface area contributed by atoms with Gasteiger partial charge in [-0.05, 0) is 55.6 Å². The Bertz CT molecular complexity index is 321. The van der Waals surface area contributed by atoms with Gasteiger partial charge in [-0.3, -0.25) is 0 Å². The van der Waals surface area contributed by atoms with Gasteiger partial charge in [0.2, 0.25) is 0 Å². The predicted molar refractivity (Wildman–Crippen MR) is 64.0 cm³/mol. The average molecular weight is 275 g/mol. The predicted octanol–water partition coefficient (Wildman–Crippen LogP) is 3.57. The number of halogens is 2. The van der Waals surface area contributed by atoms with Crippen molar-refractivity contribution in [2.24, 2.45) is 0 Å². The standard InChI is InChI=1S/C11H13BrClN/c12-9-1-2-11(13)10(7-9)8-3-5-14-6-4-8/h1-2,7-8,14H,3-6H2. The molecular formula is C11H13BrClN. The molecule has 1 N–H and O–H groups in total. The summed E-state index contributed by atoms with van der Waals surface area (Å²) in [7, 11) is 0. The second-order valence-corrected chi connectivity index (χ2v) is 5.01. The van der Waals surface area contributed by atoms with Gasteiger partial charge < -0.3 is 5.32 Å². The van der Waals surface area contributed by atoms with Crippen molar-refractivity contribution in [2.45, 2.75) is 18.8 Å². The van der Waals surface area contributed by atoms with Crippen LogP contribution in [0.5, 0.6) is 0 Å². The highest BCUT2D eigenvalue weighted by atomic mass is 79.9. The fraction of sp³-hybridized carbons (Fsp3) is 0.455. The van der Waals surface area contributed by atoms with Crippen LogP contribution in [0, 0.1) is 0 Å². The first-order chi connectivity index (χ1) is 6.77. The molecule has 0 aliphatic carbocycles. The maximum absolute atomic E-state index is 6.19. The SMILES string of the molecule is Clc1ccc(Br)cc1C1CCNCC1. The topological polar surface area (TPSA) is 12.0 Å². The summed E-state index contributed by atoms with van der Waals surface area (Å²) >= 11 is 9.68. The summed E-state index contributed by atoms with van der Waals surface area (Å²) < 4.78 is 1.12. The maximum atomic E-state index is 6.19. The second kappa shape index (κ2) is 4.65. The van der Waals surface area contributed by atoms with Gasteiger partial charge in [-0.2, -0.15) is 0 Å². The monoisotopic (exact) mass is 273 g/mol. The van der Waals surface area contributed by atoms with Crippen LogP contribution in [0.15, 0.2) is 22.7 Å².